The Bertz CT molecular complexity index is 1080. The summed E-state index contributed by atoms with van der Waals surface area (Å²) >= 11 is 0. The molecule has 7 heteroatoms. The molecule has 2 aromatic carbocycles. The largest absolute Gasteiger partial charge is 0.494 e. The van der Waals surface area contributed by atoms with E-state index >= 15 is 0 Å². The Labute approximate surface area is 188 Å². The number of likely N-dealkylation sites (tertiary alicyclic amines) is 1. The van der Waals surface area contributed by atoms with Crippen LogP contribution in [0.15, 0.2) is 55.0 Å². The number of nitrogens with one attached hydrogen (secondary N) is 1. The van der Waals surface area contributed by atoms with Crippen molar-refractivity contribution >= 4 is 11.7 Å². The quantitative estimate of drug-likeness (QED) is 0.567. The third-order valence-corrected chi connectivity index (χ3v) is 6.01. The highest BCUT2D eigenvalue weighted by molar-refractivity contribution is 5.90. The van der Waals surface area contributed by atoms with Gasteiger partial charge >= 0.3 is 6.03 Å². The molecule has 0 bridgehead atoms. The molecule has 1 atom stereocenters. The van der Waals surface area contributed by atoms with Crippen LogP contribution in [0, 0.1) is 12.7 Å². The van der Waals surface area contributed by atoms with Crippen LogP contribution < -0.4 is 10.1 Å². The smallest absolute Gasteiger partial charge is 0.322 e. The summed E-state index contributed by atoms with van der Waals surface area (Å²) in [5.74, 6) is 0.467. The molecule has 0 aliphatic carbocycles. The number of hydrogen-bond donors (Lipinski definition) is 1. The Morgan fingerprint density at radius 3 is 2.84 bits per heavy atom. The number of urea groups is 1. The van der Waals surface area contributed by atoms with Crippen molar-refractivity contribution in [2.45, 2.75) is 45.1 Å². The lowest BCUT2D eigenvalue weighted by Crippen LogP contribution is -2.46. The van der Waals surface area contributed by atoms with Crippen molar-refractivity contribution in [2.24, 2.45) is 0 Å². The Morgan fingerprint density at radius 2 is 2.09 bits per heavy atom. The molecular weight excluding hydrogens is 407 g/mol. The highest BCUT2D eigenvalue weighted by Gasteiger charge is 2.27. The Hall–Kier alpha value is -3.35. The number of nitrogens with zero attached hydrogens (tertiary/aromatic N) is 3. The third kappa shape index (κ3) is 4.93. The van der Waals surface area contributed by atoms with Crippen molar-refractivity contribution in [3.63, 3.8) is 0 Å². The van der Waals surface area contributed by atoms with E-state index < -0.39 is 0 Å². The number of aromatic nitrogens is 2. The molecule has 4 rings (SSSR count). The van der Waals surface area contributed by atoms with Gasteiger partial charge in [0, 0.05) is 30.5 Å². The number of ether oxygens (including phenoxy) is 1. The monoisotopic (exact) mass is 436 g/mol. The Balaban J connectivity index is 1.45. The molecule has 0 spiro atoms. The predicted octanol–water partition coefficient (Wildman–Crippen LogP) is 5.35. The van der Waals surface area contributed by atoms with Gasteiger partial charge in [-0.15, -0.1) is 0 Å². The topological polar surface area (TPSA) is 59.4 Å². The van der Waals surface area contributed by atoms with Crippen molar-refractivity contribution in [3.8, 4) is 11.4 Å². The fourth-order valence-corrected chi connectivity index (χ4v) is 4.31. The molecule has 0 saturated carbocycles. The van der Waals surface area contributed by atoms with Gasteiger partial charge in [0.05, 0.1) is 24.8 Å². The zero-order valence-electron chi connectivity index (χ0n) is 18.6. The summed E-state index contributed by atoms with van der Waals surface area (Å²) < 4.78 is 21.4. The van der Waals surface area contributed by atoms with E-state index in [9.17, 15) is 9.18 Å². The minimum absolute atomic E-state index is 0.0958. The summed E-state index contributed by atoms with van der Waals surface area (Å²) in [6.45, 7) is 2.64. The summed E-state index contributed by atoms with van der Waals surface area (Å²) in [6.07, 6.45) is 8.02. The van der Waals surface area contributed by atoms with Crippen LogP contribution in [0.2, 0.25) is 0 Å². The van der Waals surface area contributed by atoms with Gasteiger partial charge in [-0.25, -0.2) is 14.2 Å². The first kappa shape index (κ1) is 21.9. The van der Waals surface area contributed by atoms with E-state index in [-0.39, 0.29) is 17.9 Å². The molecule has 168 valence electrons. The van der Waals surface area contributed by atoms with Gasteiger partial charge in [0.15, 0.2) is 0 Å². The molecule has 0 radical (unpaired) electrons. The number of amides is 2. The van der Waals surface area contributed by atoms with Crippen LogP contribution >= 0.6 is 0 Å². The van der Waals surface area contributed by atoms with Crippen LogP contribution in [-0.4, -0.2) is 40.2 Å². The summed E-state index contributed by atoms with van der Waals surface area (Å²) in [7, 11) is 1.61. The molecule has 6 nitrogen and oxygen atoms in total. The average molecular weight is 437 g/mol. The maximum atomic E-state index is 14.0. The van der Waals surface area contributed by atoms with Gasteiger partial charge in [0.25, 0.3) is 0 Å². The van der Waals surface area contributed by atoms with Crippen LogP contribution in [0.4, 0.5) is 14.9 Å². The number of methoxy groups -OCH3 is 1. The maximum absolute atomic E-state index is 14.0. The standard InChI is InChI=1S/C25H29FN4O2/c1-18-16-29(17-27-18)23-13-11-20(15-24(23)32-2)28-25(31)30-14-6-5-8-21(30)12-10-19-7-3-4-9-22(19)26/h3-4,7,9,11,13,15-17,21H,5-6,8,10,12,14H2,1-2H3,(H,28,31). The van der Waals surface area contributed by atoms with E-state index in [2.05, 4.69) is 10.3 Å². The second kappa shape index (κ2) is 9.85. The minimum Gasteiger partial charge on any atom is -0.494 e. The molecule has 1 N–H and O–H groups in total. The third-order valence-electron chi connectivity index (χ3n) is 6.01. The molecular formula is C25H29FN4O2. The highest BCUT2D eigenvalue weighted by atomic mass is 19.1. The van der Waals surface area contributed by atoms with Gasteiger partial charge in [-0.3, -0.25) is 0 Å². The van der Waals surface area contributed by atoms with E-state index in [0.29, 0.717) is 30.0 Å². The van der Waals surface area contributed by atoms with Gasteiger partial charge in [-0.1, -0.05) is 18.2 Å². The van der Waals surface area contributed by atoms with Crippen LogP contribution in [0.5, 0.6) is 5.75 Å². The molecule has 1 fully saturated rings. The van der Waals surface area contributed by atoms with Crippen LogP contribution in [0.3, 0.4) is 0 Å². The average Bonchev–Trinajstić information content (AvgIpc) is 3.24. The highest BCUT2D eigenvalue weighted by Crippen LogP contribution is 2.28. The fraction of sp³-hybridized carbons (Fsp3) is 0.360. The van der Waals surface area contributed by atoms with Crippen LogP contribution in [0.1, 0.15) is 36.9 Å². The predicted molar refractivity (Wildman–Crippen MR) is 123 cm³/mol. The van der Waals surface area contributed by atoms with Crippen molar-refractivity contribution in [1.82, 2.24) is 14.5 Å². The summed E-state index contributed by atoms with van der Waals surface area (Å²) in [4.78, 5) is 19.3. The van der Waals surface area contributed by atoms with Crippen molar-refractivity contribution in [2.75, 3.05) is 19.0 Å². The normalized spacial score (nSPS) is 16.1. The Kier molecular flexibility index (Phi) is 6.73. The first-order valence-electron chi connectivity index (χ1n) is 11.0. The zero-order valence-corrected chi connectivity index (χ0v) is 18.6. The molecule has 1 aliphatic heterocycles. The lowest BCUT2D eigenvalue weighted by molar-refractivity contribution is 0.158. The molecule has 1 aliphatic rings. The van der Waals surface area contributed by atoms with Gasteiger partial charge in [-0.05, 0) is 62.8 Å². The number of halogens is 1. The maximum Gasteiger partial charge on any atom is 0.322 e. The van der Waals surface area contributed by atoms with E-state index in [0.717, 1.165) is 37.1 Å². The van der Waals surface area contributed by atoms with E-state index in [1.165, 1.54) is 6.07 Å². The number of imidazole rings is 1. The minimum atomic E-state index is -0.181. The van der Waals surface area contributed by atoms with Crippen molar-refractivity contribution in [3.05, 3.63) is 72.1 Å². The van der Waals surface area contributed by atoms with Crippen LogP contribution in [0.25, 0.3) is 5.69 Å². The van der Waals surface area contributed by atoms with E-state index in [4.69, 9.17) is 4.74 Å². The SMILES string of the molecule is COc1cc(NC(=O)N2CCCCC2CCc2ccccc2F)ccc1-n1cnc(C)c1. The molecule has 3 aromatic rings. The van der Waals surface area contributed by atoms with Gasteiger partial charge in [0.1, 0.15) is 11.6 Å². The molecule has 1 saturated heterocycles. The van der Waals surface area contributed by atoms with Crippen LogP contribution in [-0.2, 0) is 6.42 Å². The fourth-order valence-electron chi connectivity index (χ4n) is 4.31. The van der Waals surface area contributed by atoms with Crippen molar-refractivity contribution in [1.29, 1.82) is 0 Å². The first-order valence-corrected chi connectivity index (χ1v) is 11.0. The number of rotatable bonds is 6. The van der Waals surface area contributed by atoms with Crippen molar-refractivity contribution < 1.29 is 13.9 Å². The number of aryl methyl sites for hydroxylation is 2. The Morgan fingerprint density at radius 1 is 1.25 bits per heavy atom. The zero-order chi connectivity index (χ0) is 22.5. The molecule has 1 unspecified atom stereocenters. The number of piperidine rings is 1. The number of carbonyl (C=O) groups is 1. The number of benzene rings is 2. The lowest BCUT2D eigenvalue weighted by Gasteiger charge is -2.36. The molecule has 2 heterocycles. The lowest BCUT2D eigenvalue weighted by atomic mass is 9.96. The van der Waals surface area contributed by atoms with E-state index in [1.54, 1.807) is 19.5 Å². The summed E-state index contributed by atoms with van der Waals surface area (Å²) in [5, 5.41) is 3.02. The van der Waals surface area contributed by atoms with Gasteiger partial charge in [-0.2, -0.15) is 0 Å². The summed E-state index contributed by atoms with van der Waals surface area (Å²) in [5.41, 5.74) is 3.14. The number of carbonyl (C=O) groups excluding carboxylic acids is 1. The van der Waals surface area contributed by atoms with Gasteiger partial charge < -0.3 is 19.5 Å². The molecule has 1 aromatic heterocycles. The van der Waals surface area contributed by atoms with E-state index in [1.807, 2.05) is 52.9 Å². The van der Waals surface area contributed by atoms with Gasteiger partial charge in [0.2, 0.25) is 0 Å². The number of hydrogen-bond acceptors (Lipinski definition) is 3. The molecule has 32 heavy (non-hydrogen) atoms. The first-order chi connectivity index (χ1) is 15.5. The second-order valence-corrected chi connectivity index (χ2v) is 8.21. The molecule has 2 amide bonds. The number of anilines is 1. The second-order valence-electron chi connectivity index (χ2n) is 8.21. The summed E-state index contributed by atoms with van der Waals surface area (Å²) in [6, 6.07) is 12.4.